The second-order valence-corrected chi connectivity index (χ2v) is 10.3. The molecule has 0 saturated carbocycles. The minimum atomic E-state index is -3.79. The van der Waals surface area contributed by atoms with Crippen molar-refractivity contribution in [1.82, 2.24) is 9.62 Å². The predicted molar refractivity (Wildman–Crippen MR) is 90.8 cm³/mol. The first-order chi connectivity index (χ1) is 10.6. The molecule has 0 amide bonds. The van der Waals surface area contributed by atoms with Gasteiger partial charge in [0.1, 0.15) is 0 Å². The van der Waals surface area contributed by atoms with Gasteiger partial charge in [0, 0.05) is 30.4 Å². The van der Waals surface area contributed by atoms with Crippen LogP contribution >= 0.6 is 11.6 Å². The van der Waals surface area contributed by atoms with Crippen LogP contribution in [0.1, 0.15) is 18.4 Å². The van der Waals surface area contributed by atoms with E-state index in [9.17, 15) is 16.8 Å². The smallest absolute Gasteiger partial charge is 0.243 e. The van der Waals surface area contributed by atoms with E-state index in [0.29, 0.717) is 13.1 Å². The van der Waals surface area contributed by atoms with Gasteiger partial charge < -0.3 is 5.32 Å². The van der Waals surface area contributed by atoms with Crippen LogP contribution in [0.3, 0.4) is 0 Å². The molecule has 6 nitrogen and oxygen atoms in total. The van der Waals surface area contributed by atoms with Crippen LogP contribution in [0.2, 0.25) is 5.02 Å². The summed E-state index contributed by atoms with van der Waals surface area (Å²) in [5, 5.41) is 3.36. The maximum atomic E-state index is 13.0. The Morgan fingerprint density at radius 1 is 1.30 bits per heavy atom. The average molecular weight is 381 g/mol. The lowest BCUT2D eigenvalue weighted by molar-refractivity contribution is 0.292. The molecule has 9 heteroatoms. The second-order valence-electron chi connectivity index (χ2n) is 5.81. The number of nitrogens with zero attached hydrogens (tertiary/aromatic N) is 1. The predicted octanol–water partition coefficient (Wildman–Crippen LogP) is 1.26. The standard InChI is InChI=1S/C14H21ClN2O4S2/c1-16-13-4-3-7-17(9-13)23(20,21)14-8-12(15)6-5-11(14)10-22(2,18)19/h5-6,8,13,16H,3-4,7,9-10H2,1-2H3. The molecule has 23 heavy (non-hydrogen) atoms. The van der Waals surface area contributed by atoms with Gasteiger partial charge in [-0.1, -0.05) is 17.7 Å². The zero-order valence-electron chi connectivity index (χ0n) is 13.1. The molecule has 1 unspecified atom stereocenters. The number of hydrogen-bond acceptors (Lipinski definition) is 5. The number of sulfone groups is 1. The van der Waals surface area contributed by atoms with Crippen LogP contribution in [0.4, 0.5) is 0 Å². The molecular formula is C14H21ClN2O4S2. The fourth-order valence-electron chi connectivity index (χ4n) is 2.71. The molecule has 0 aliphatic carbocycles. The average Bonchev–Trinajstić information content (AvgIpc) is 2.47. The van der Waals surface area contributed by atoms with E-state index >= 15 is 0 Å². The van der Waals surface area contributed by atoms with Gasteiger partial charge in [-0.3, -0.25) is 0 Å². The van der Waals surface area contributed by atoms with Gasteiger partial charge in [-0.15, -0.1) is 0 Å². The fourth-order valence-corrected chi connectivity index (χ4v) is 5.62. The number of sulfonamides is 1. The fraction of sp³-hybridized carbons (Fsp3) is 0.571. The summed E-state index contributed by atoms with van der Waals surface area (Å²) in [5.74, 6) is -0.331. The zero-order chi connectivity index (χ0) is 17.3. The summed E-state index contributed by atoms with van der Waals surface area (Å²) in [6.07, 6.45) is 2.75. The largest absolute Gasteiger partial charge is 0.316 e. The number of hydrogen-bond donors (Lipinski definition) is 1. The Bertz CT molecular complexity index is 778. The Kier molecular flexibility index (Phi) is 5.73. The third kappa shape index (κ3) is 4.67. The molecular weight excluding hydrogens is 360 g/mol. The summed E-state index contributed by atoms with van der Waals surface area (Å²) in [5.41, 5.74) is 0.253. The summed E-state index contributed by atoms with van der Waals surface area (Å²) in [6.45, 7) is 0.787. The molecule has 0 radical (unpaired) electrons. The van der Waals surface area contributed by atoms with Gasteiger partial charge >= 0.3 is 0 Å². The van der Waals surface area contributed by atoms with Crippen LogP contribution in [0.5, 0.6) is 0 Å². The lowest BCUT2D eigenvalue weighted by Gasteiger charge is -2.32. The van der Waals surface area contributed by atoms with Crippen molar-refractivity contribution >= 4 is 31.5 Å². The van der Waals surface area contributed by atoms with E-state index in [1.165, 1.54) is 22.5 Å². The van der Waals surface area contributed by atoms with Crippen molar-refractivity contribution in [2.45, 2.75) is 29.5 Å². The molecule has 0 spiro atoms. The van der Waals surface area contributed by atoms with E-state index in [1.807, 2.05) is 0 Å². The Morgan fingerprint density at radius 2 is 2.00 bits per heavy atom. The highest BCUT2D eigenvalue weighted by Crippen LogP contribution is 2.27. The zero-order valence-corrected chi connectivity index (χ0v) is 15.5. The maximum Gasteiger partial charge on any atom is 0.243 e. The number of halogens is 1. The molecule has 1 aliphatic heterocycles. The van der Waals surface area contributed by atoms with Gasteiger partial charge in [-0.05, 0) is 37.6 Å². The Balaban J connectivity index is 2.44. The van der Waals surface area contributed by atoms with Gasteiger partial charge in [-0.25, -0.2) is 16.8 Å². The SMILES string of the molecule is CNC1CCCN(S(=O)(=O)c2cc(Cl)ccc2CS(C)(=O)=O)C1. The van der Waals surface area contributed by atoms with Gasteiger partial charge in [0.05, 0.1) is 10.6 Å². The first-order valence-corrected chi connectivity index (χ1v) is 11.1. The van der Waals surface area contributed by atoms with Gasteiger partial charge in [0.15, 0.2) is 9.84 Å². The van der Waals surface area contributed by atoms with E-state index in [-0.39, 0.29) is 27.3 Å². The normalized spacial score (nSPS) is 20.6. The van der Waals surface area contributed by atoms with E-state index in [0.717, 1.165) is 19.1 Å². The number of nitrogens with one attached hydrogen (secondary N) is 1. The second kappa shape index (κ2) is 7.06. The molecule has 1 heterocycles. The van der Waals surface area contributed by atoms with Crippen LogP contribution in [-0.4, -0.2) is 53.6 Å². The topological polar surface area (TPSA) is 83.6 Å². The molecule has 0 aromatic heterocycles. The molecule has 2 rings (SSSR count). The van der Waals surface area contributed by atoms with Crippen molar-refractivity contribution in [2.24, 2.45) is 0 Å². The van der Waals surface area contributed by atoms with Gasteiger partial charge in [0.2, 0.25) is 10.0 Å². The number of benzene rings is 1. The molecule has 1 aromatic rings. The monoisotopic (exact) mass is 380 g/mol. The Morgan fingerprint density at radius 3 is 2.61 bits per heavy atom. The molecule has 1 aliphatic rings. The van der Waals surface area contributed by atoms with E-state index < -0.39 is 19.9 Å². The van der Waals surface area contributed by atoms with Gasteiger partial charge in [-0.2, -0.15) is 4.31 Å². The molecule has 1 saturated heterocycles. The van der Waals surface area contributed by atoms with Gasteiger partial charge in [0.25, 0.3) is 0 Å². The lowest BCUT2D eigenvalue weighted by atomic mass is 10.1. The molecule has 1 N–H and O–H groups in total. The number of piperidine rings is 1. The lowest BCUT2D eigenvalue weighted by Crippen LogP contribution is -2.47. The minimum absolute atomic E-state index is 0.0211. The van der Waals surface area contributed by atoms with Crippen molar-refractivity contribution < 1.29 is 16.8 Å². The third-order valence-electron chi connectivity index (χ3n) is 3.86. The van der Waals surface area contributed by atoms with E-state index in [1.54, 1.807) is 7.05 Å². The van der Waals surface area contributed by atoms with Crippen molar-refractivity contribution in [3.63, 3.8) is 0 Å². The highest BCUT2D eigenvalue weighted by Gasteiger charge is 2.32. The van der Waals surface area contributed by atoms with Crippen LogP contribution < -0.4 is 5.32 Å². The van der Waals surface area contributed by atoms with Crippen molar-refractivity contribution in [3.8, 4) is 0 Å². The first kappa shape index (κ1) is 18.7. The molecule has 130 valence electrons. The number of likely N-dealkylation sites (N-methyl/N-ethyl adjacent to an activating group) is 1. The quantitative estimate of drug-likeness (QED) is 0.831. The summed E-state index contributed by atoms with van der Waals surface area (Å²) in [6, 6.07) is 4.40. The summed E-state index contributed by atoms with van der Waals surface area (Å²) in [4.78, 5) is -0.0211. The number of rotatable bonds is 5. The third-order valence-corrected chi connectivity index (χ3v) is 6.87. The van der Waals surface area contributed by atoms with E-state index in [4.69, 9.17) is 11.6 Å². The van der Waals surface area contributed by atoms with Crippen LogP contribution in [0.15, 0.2) is 23.1 Å². The minimum Gasteiger partial charge on any atom is -0.316 e. The van der Waals surface area contributed by atoms with Crippen molar-refractivity contribution in [1.29, 1.82) is 0 Å². The Hall–Kier alpha value is -0.670. The Labute approximate surface area is 142 Å². The molecule has 1 atom stereocenters. The van der Waals surface area contributed by atoms with Crippen molar-refractivity contribution in [2.75, 3.05) is 26.4 Å². The first-order valence-electron chi connectivity index (χ1n) is 7.27. The highest BCUT2D eigenvalue weighted by atomic mass is 35.5. The highest BCUT2D eigenvalue weighted by molar-refractivity contribution is 7.90. The summed E-state index contributed by atoms with van der Waals surface area (Å²) in [7, 11) is -5.34. The van der Waals surface area contributed by atoms with E-state index in [2.05, 4.69) is 5.32 Å². The molecule has 1 aromatic carbocycles. The molecule has 1 fully saturated rings. The van der Waals surface area contributed by atoms with Crippen LogP contribution in [0.25, 0.3) is 0 Å². The van der Waals surface area contributed by atoms with Crippen LogP contribution in [0, 0.1) is 0 Å². The maximum absolute atomic E-state index is 13.0. The van der Waals surface area contributed by atoms with Crippen LogP contribution in [-0.2, 0) is 25.6 Å². The summed E-state index contributed by atoms with van der Waals surface area (Å²) < 4.78 is 50.5. The van der Waals surface area contributed by atoms with Crippen molar-refractivity contribution in [3.05, 3.63) is 28.8 Å². The summed E-state index contributed by atoms with van der Waals surface area (Å²) >= 11 is 5.94. The molecule has 0 bridgehead atoms.